The normalized spacial score (nSPS) is 20.2. The number of rotatable bonds is 5. The third-order valence-electron chi connectivity index (χ3n) is 5.09. The lowest BCUT2D eigenvalue weighted by Crippen LogP contribution is -2.52. The van der Waals surface area contributed by atoms with E-state index in [1.165, 1.54) is 12.8 Å². The fourth-order valence-corrected chi connectivity index (χ4v) is 4.25. The molecule has 0 N–H and O–H groups in total. The zero-order chi connectivity index (χ0) is 17.9. The van der Waals surface area contributed by atoms with E-state index in [9.17, 15) is 4.79 Å². The second-order valence-corrected chi connectivity index (χ2v) is 7.55. The van der Waals surface area contributed by atoms with Gasteiger partial charge in [-0.2, -0.15) is 0 Å². The van der Waals surface area contributed by atoms with Crippen molar-refractivity contribution in [2.45, 2.75) is 30.4 Å². The largest absolute Gasteiger partial charge is 0.484 e. The smallest absolute Gasteiger partial charge is 0.276 e. The number of hydrogen-bond acceptors (Lipinski definition) is 6. The Morgan fingerprint density at radius 3 is 3.12 bits per heavy atom. The number of benzene rings is 1. The summed E-state index contributed by atoms with van der Waals surface area (Å²) in [4.78, 5) is 18.2. The molecule has 0 aliphatic carbocycles. The van der Waals surface area contributed by atoms with E-state index in [2.05, 4.69) is 10.1 Å². The summed E-state index contributed by atoms with van der Waals surface area (Å²) in [5.41, 5.74) is 0.369. The van der Waals surface area contributed by atoms with E-state index in [-0.39, 0.29) is 12.5 Å². The van der Waals surface area contributed by atoms with Crippen molar-refractivity contribution < 1.29 is 14.1 Å². The van der Waals surface area contributed by atoms with Crippen LogP contribution in [-0.4, -0.2) is 59.3 Å². The van der Waals surface area contributed by atoms with E-state index in [1.54, 1.807) is 17.8 Å². The van der Waals surface area contributed by atoms with E-state index in [1.807, 2.05) is 35.4 Å². The van der Waals surface area contributed by atoms with Gasteiger partial charge in [-0.25, -0.2) is 0 Å². The first-order valence-corrected chi connectivity index (χ1v) is 10.2. The van der Waals surface area contributed by atoms with Gasteiger partial charge in [0, 0.05) is 36.6 Å². The third kappa shape index (κ3) is 3.59. The number of aromatic nitrogens is 1. The summed E-state index contributed by atoms with van der Waals surface area (Å²) in [7, 11) is 0. The molecule has 2 aliphatic heterocycles. The highest BCUT2D eigenvalue weighted by Crippen LogP contribution is 2.28. The molecule has 0 unspecified atom stereocenters. The molecule has 0 radical (unpaired) electrons. The van der Waals surface area contributed by atoms with Crippen molar-refractivity contribution in [3.8, 4) is 5.75 Å². The van der Waals surface area contributed by atoms with Gasteiger partial charge in [0.2, 0.25) is 0 Å². The van der Waals surface area contributed by atoms with Crippen LogP contribution in [0.25, 0.3) is 0 Å². The first kappa shape index (κ1) is 17.4. The minimum Gasteiger partial charge on any atom is -0.484 e. The van der Waals surface area contributed by atoms with Gasteiger partial charge in [-0.05, 0) is 37.8 Å². The predicted molar refractivity (Wildman–Crippen MR) is 99.6 cm³/mol. The Bertz CT molecular complexity index is 779. The fourth-order valence-electron chi connectivity index (χ4n) is 3.71. The molecule has 2 fully saturated rings. The van der Waals surface area contributed by atoms with E-state index in [0.717, 1.165) is 36.8 Å². The summed E-state index contributed by atoms with van der Waals surface area (Å²) >= 11 is 1.63. The van der Waals surface area contributed by atoms with Crippen molar-refractivity contribution in [3.63, 3.8) is 0 Å². The highest BCUT2D eigenvalue weighted by Gasteiger charge is 2.33. The van der Waals surface area contributed by atoms with Crippen LogP contribution >= 0.6 is 11.8 Å². The molecule has 1 amide bonds. The van der Waals surface area contributed by atoms with Gasteiger partial charge in [0.25, 0.3) is 5.91 Å². The molecule has 26 heavy (non-hydrogen) atoms. The van der Waals surface area contributed by atoms with E-state index in [4.69, 9.17) is 9.26 Å². The van der Waals surface area contributed by atoms with Gasteiger partial charge in [0.15, 0.2) is 11.5 Å². The first-order valence-electron chi connectivity index (χ1n) is 8.99. The second-order valence-electron chi connectivity index (χ2n) is 6.70. The number of nitrogens with zero attached hydrogens (tertiary/aromatic N) is 3. The Hall–Kier alpha value is -1.99. The molecule has 0 bridgehead atoms. The molecule has 2 saturated heterocycles. The minimum atomic E-state index is -0.0453. The third-order valence-corrected chi connectivity index (χ3v) is 5.87. The van der Waals surface area contributed by atoms with Crippen molar-refractivity contribution in [2.75, 3.05) is 32.4 Å². The molecule has 2 aliphatic rings. The summed E-state index contributed by atoms with van der Waals surface area (Å²) in [6, 6.07) is 10.1. The standard InChI is InChI=1S/C19H23N3O3S/c1-26-18-7-3-2-6-17(18)24-13-15-11-16(20-25-15)19(23)22-10-9-21-8-4-5-14(21)12-22/h2-3,6-7,11,14H,4-5,8-10,12-13H2,1H3/t14-/m1/s1. The molecule has 138 valence electrons. The van der Waals surface area contributed by atoms with Crippen LogP contribution in [0.3, 0.4) is 0 Å². The van der Waals surface area contributed by atoms with Gasteiger partial charge in [-0.3, -0.25) is 9.69 Å². The summed E-state index contributed by atoms with van der Waals surface area (Å²) in [6.45, 7) is 3.92. The Balaban J connectivity index is 1.37. The van der Waals surface area contributed by atoms with Gasteiger partial charge in [-0.1, -0.05) is 17.3 Å². The zero-order valence-electron chi connectivity index (χ0n) is 14.9. The number of para-hydroxylation sites is 1. The average molecular weight is 373 g/mol. The molecule has 2 aromatic rings. The van der Waals surface area contributed by atoms with E-state index < -0.39 is 0 Å². The first-order chi connectivity index (χ1) is 12.7. The van der Waals surface area contributed by atoms with Gasteiger partial charge in [0.05, 0.1) is 0 Å². The number of piperazine rings is 1. The Morgan fingerprint density at radius 2 is 2.23 bits per heavy atom. The summed E-state index contributed by atoms with van der Waals surface area (Å²) < 4.78 is 11.1. The number of hydrogen-bond donors (Lipinski definition) is 0. The summed E-state index contributed by atoms with van der Waals surface area (Å²) in [5, 5.41) is 3.97. The molecule has 7 heteroatoms. The lowest BCUT2D eigenvalue weighted by atomic mass is 10.1. The maximum atomic E-state index is 12.7. The average Bonchev–Trinajstić information content (AvgIpc) is 3.34. The van der Waals surface area contributed by atoms with Crippen molar-refractivity contribution in [1.82, 2.24) is 15.0 Å². The molecule has 1 atom stereocenters. The van der Waals surface area contributed by atoms with Gasteiger partial charge in [-0.15, -0.1) is 11.8 Å². The topological polar surface area (TPSA) is 58.8 Å². The Labute approximate surface area is 157 Å². The van der Waals surface area contributed by atoms with Crippen LogP contribution in [0.4, 0.5) is 0 Å². The van der Waals surface area contributed by atoms with E-state index >= 15 is 0 Å². The predicted octanol–water partition coefficient (Wildman–Crippen LogP) is 2.90. The van der Waals surface area contributed by atoms with Crippen LogP contribution in [0.15, 0.2) is 39.8 Å². The van der Waals surface area contributed by atoms with E-state index in [0.29, 0.717) is 17.5 Å². The highest BCUT2D eigenvalue weighted by atomic mass is 32.2. The molecular formula is C19H23N3O3S. The quantitative estimate of drug-likeness (QED) is 0.751. The van der Waals surface area contributed by atoms with Crippen molar-refractivity contribution in [3.05, 3.63) is 41.8 Å². The van der Waals surface area contributed by atoms with Crippen LogP contribution in [0.5, 0.6) is 5.75 Å². The number of amides is 1. The van der Waals surface area contributed by atoms with Crippen LogP contribution in [0.2, 0.25) is 0 Å². The molecule has 3 heterocycles. The molecule has 1 aromatic heterocycles. The summed E-state index contributed by atoms with van der Waals surface area (Å²) in [5.74, 6) is 1.32. The fraction of sp³-hybridized carbons (Fsp3) is 0.474. The van der Waals surface area contributed by atoms with Crippen LogP contribution < -0.4 is 4.74 Å². The molecule has 1 aromatic carbocycles. The maximum absolute atomic E-state index is 12.7. The minimum absolute atomic E-state index is 0.0453. The lowest BCUT2D eigenvalue weighted by Gasteiger charge is -2.37. The maximum Gasteiger partial charge on any atom is 0.276 e. The molecule has 4 rings (SSSR count). The highest BCUT2D eigenvalue weighted by molar-refractivity contribution is 7.98. The van der Waals surface area contributed by atoms with Crippen LogP contribution in [0, 0.1) is 0 Å². The lowest BCUT2D eigenvalue weighted by molar-refractivity contribution is 0.0561. The number of thioether (sulfide) groups is 1. The Kier molecular flexibility index (Phi) is 5.17. The van der Waals surface area contributed by atoms with Crippen molar-refractivity contribution in [1.29, 1.82) is 0 Å². The SMILES string of the molecule is CSc1ccccc1OCc1cc(C(=O)N2CCN3CCC[C@@H]3C2)no1. The van der Waals surface area contributed by atoms with Crippen molar-refractivity contribution in [2.24, 2.45) is 0 Å². The molecule has 0 saturated carbocycles. The van der Waals surface area contributed by atoms with Gasteiger partial charge >= 0.3 is 0 Å². The number of fused-ring (bicyclic) bond motifs is 1. The number of carbonyl (C=O) groups is 1. The molecular weight excluding hydrogens is 350 g/mol. The Morgan fingerprint density at radius 1 is 1.35 bits per heavy atom. The van der Waals surface area contributed by atoms with Gasteiger partial charge < -0.3 is 14.2 Å². The molecule has 6 nitrogen and oxygen atoms in total. The second kappa shape index (κ2) is 7.72. The number of carbonyl (C=O) groups excluding carboxylic acids is 1. The monoisotopic (exact) mass is 373 g/mol. The van der Waals surface area contributed by atoms with Crippen molar-refractivity contribution >= 4 is 17.7 Å². The summed E-state index contributed by atoms with van der Waals surface area (Å²) in [6.07, 6.45) is 4.42. The zero-order valence-corrected chi connectivity index (χ0v) is 15.7. The van der Waals surface area contributed by atoms with Crippen LogP contribution in [-0.2, 0) is 6.61 Å². The number of ether oxygens (including phenoxy) is 1. The van der Waals surface area contributed by atoms with Gasteiger partial charge in [0.1, 0.15) is 12.4 Å². The molecule has 0 spiro atoms. The van der Waals surface area contributed by atoms with Crippen LogP contribution in [0.1, 0.15) is 29.1 Å².